The molecule has 1 aromatic carbocycles. The predicted octanol–water partition coefficient (Wildman–Crippen LogP) is 3.64. The van der Waals surface area contributed by atoms with Gasteiger partial charge in [-0.1, -0.05) is 0 Å². The molecule has 0 spiro atoms. The number of benzene rings is 1. The molecule has 0 atom stereocenters. The molecule has 0 aliphatic rings. The fourth-order valence-corrected chi connectivity index (χ4v) is 3.98. The minimum absolute atomic E-state index is 0.764. The van der Waals surface area contributed by atoms with Crippen molar-refractivity contribution in [3.8, 4) is 17.0 Å². The molecule has 5 aromatic rings. The lowest BCUT2D eigenvalue weighted by molar-refractivity contribution is 0.387. The van der Waals surface area contributed by atoms with Crippen molar-refractivity contribution in [2.45, 2.75) is 6.54 Å². The average molecular weight is 388 g/mol. The molecule has 0 saturated carbocycles. The highest BCUT2D eigenvalue weighted by molar-refractivity contribution is 6.06. The first-order valence-electron chi connectivity index (χ1n) is 9.66. The summed E-state index contributed by atoms with van der Waals surface area (Å²) < 4.78 is 9.79. The maximum atomic E-state index is 5.48. The normalized spacial score (nSPS) is 12.0. The van der Waals surface area contributed by atoms with Gasteiger partial charge in [0.1, 0.15) is 5.75 Å². The van der Waals surface area contributed by atoms with Crippen LogP contribution in [0.5, 0.6) is 5.75 Å². The number of H-pyrrole nitrogens is 1. The highest BCUT2D eigenvalue weighted by Crippen LogP contribution is 2.35. The van der Waals surface area contributed by atoms with Gasteiger partial charge in [0.05, 0.1) is 18.3 Å². The number of pyridine rings is 1. The number of fused-ring (bicyclic) bond motifs is 4. The van der Waals surface area contributed by atoms with Gasteiger partial charge in [-0.25, -0.2) is 9.97 Å². The molecule has 5 rings (SSSR count). The van der Waals surface area contributed by atoms with Gasteiger partial charge in [-0.05, 0) is 38.4 Å². The first-order chi connectivity index (χ1) is 14.0. The highest BCUT2D eigenvalue weighted by atomic mass is 16.5. The largest absolute Gasteiger partial charge is 0.497 e. The summed E-state index contributed by atoms with van der Waals surface area (Å²) in [4.78, 5) is 11.6. The zero-order valence-electron chi connectivity index (χ0n) is 17.1. The van der Waals surface area contributed by atoms with Gasteiger partial charge in [0, 0.05) is 66.0 Å². The Hall–Kier alpha value is -3.32. The van der Waals surface area contributed by atoms with Gasteiger partial charge in [0.2, 0.25) is 0 Å². The number of likely N-dealkylation sites (N-methyl/N-ethyl adjacent to an activating group) is 1. The molecule has 4 aromatic heterocycles. The van der Waals surface area contributed by atoms with Crippen LogP contribution < -0.4 is 4.74 Å². The smallest absolute Gasteiger partial charge is 0.162 e. The Labute approximate surface area is 168 Å². The van der Waals surface area contributed by atoms with E-state index in [-0.39, 0.29) is 0 Å². The van der Waals surface area contributed by atoms with E-state index >= 15 is 0 Å². The summed E-state index contributed by atoms with van der Waals surface area (Å²) in [5.74, 6) is 0.845. The Bertz CT molecular complexity index is 1340. The number of methoxy groups -OCH3 is 1. The van der Waals surface area contributed by atoms with Crippen LogP contribution in [-0.2, 0) is 13.6 Å². The summed E-state index contributed by atoms with van der Waals surface area (Å²) in [5, 5.41) is 6.49. The van der Waals surface area contributed by atoms with Crippen molar-refractivity contribution in [2.75, 3.05) is 27.7 Å². The van der Waals surface area contributed by atoms with E-state index in [1.54, 1.807) is 7.11 Å². The fourth-order valence-electron chi connectivity index (χ4n) is 3.98. The van der Waals surface area contributed by atoms with Crippen LogP contribution in [-0.4, -0.2) is 57.0 Å². The molecule has 0 aliphatic heterocycles. The maximum Gasteiger partial charge on any atom is 0.162 e. The standard InChI is InChI=1S/C22H24N6O/c1-26(2)7-8-28-13-18(16-9-15(29-4)5-6-20(16)28)19-10-17-21-14(12-24-27(21)3)11-23-22(17)25-19/h5-6,9-13,24H,7-8H2,1-4H3. The van der Waals surface area contributed by atoms with Crippen molar-refractivity contribution in [3.63, 3.8) is 0 Å². The highest BCUT2D eigenvalue weighted by Gasteiger charge is 2.17. The van der Waals surface area contributed by atoms with E-state index in [1.807, 2.05) is 30.2 Å². The predicted molar refractivity (Wildman–Crippen MR) is 116 cm³/mol. The van der Waals surface area contributed by atoms with Crippen LogP contribution in [0.15, 0.2) is 42.9 Å². The molecule has 1 N–H and O–H groups in total. The fraction of sp³-hybridized carbons (Fsp3) is 0.273. The van der Waals surface area contributed by atoms with Gasteiger partial charge >= 0.3 is 0 Å². The van der Waals surface area contributed by atoms with E-state index < -0.39 is 0 Å². The van der Waals surface area contributed by atoms with Gasteiger partial charge < -0.3 is 19.3 Å². The van der Waals surface area contributed by atoms with E-state index in [4.69, 9.17) is 9.72 Å². The number of rotatable bonds is 5. The molecule has 4 heterocycles. The molecule has 0 unspecified atom stereocenters. The van der Waals surface area contributed by atoms with Crippen molar-refractivity contribution in [3.05, 3.63) is 42.9 Å². The summed E-state index contributed by atoms with van der Waals surface area (Å²) in [6.45, 7) is 1.87. The topological polar surface area (TPSA) is 63.9 Å². The first-order valence-corrected chi connectivity index (χ1v) is 9.66. The van der Waals surface area contributed by atoms with Crippen molar-refractivity contribution >= 4 is 32.8 Å². The molecule has 0 bridgehead atoms. The van der Waals surface area contributed by atoms with Crippen LogP contribution >= 0.6 is 0 Å². The third-order valence-electron chi connectivity index (χ3n) is 5.50. The second-order valence-corrected chi connectivity index (χ2v) is 7.70. The van der Waals surface area contributed by atoms with Crippen molar-refractivity contribution in [2.24, 2.45) is 7.05 Å². The number of aromatic amines is 1. The summed E-state index contributed by atoms with van der Waals surface area (Å²) in [6, 6.07) is 8.37. The first kappa shape index (κ1) is 17.8. The molecule has 0 fully saturated rings. The zero-order chi connectivity index (χ0) is 20.1. The lowest BCUT2D eigenvalue weighted by Crippen LogP contribution is -2.17. The van der Waals surface area contributed by atoms with Gasteiger partial charge in [0.25, 0.3) is 0 Å². The molecule has 148 valence electrons. The molecule has 7 heteroatoms. The van der Waals surface area contributed by atoms with Crippen LogP contribution in [0.2, 0.25) is 0 Å². The molecule has 0 saturated heterocycles. The molecule has 29 heavy (non-hydrogen) atoms. The van der Waals surface area contributed by atoms with Crippen LogP contribution in [0.3, 0.4) is 0 Å². The van der Waals surface area contributed by atoms with Crippen LogP contribution in [0.1, 0.15) is 0 Å². The minimum atomic E-state index is 0.764. The molecular weight excluding hydrogens is 364 g/mol. The van der Waals surface area contributed by atoms with E-state index in [1.165, 1.54) is 5.52 Å². The second-order valence-electron chi connectivity index (χ2n) is 7.70. The molecule has 0 amide bonds. The number of nitrogens with one attached hydrogen (secondary N) is 1. The number of ether oxygens (including phenoxy) is 1. The van der Waals surface area contributed by atoms with Gasteiger partial charge in [0.15, 0.2) is 5.65 Å². The van der Waals surface area contributed by atoms with E-state index in [9.17, 15) is 0 Å². The number of hydrogen-bond donors (Lipinski definition) is 1. The summed E-state index contributed by atoms with van der Waals surface area (Å²) in [6.07, 6.45) is 6.03. The lowest BCUT2D eigenvalue weighted by atomic mass is 10.1. The Morgan fingerprint density at radius 3 is 2.83 bits per heavy atom. The monoisotopic (exact) mass is 388 g/mol. The number of hydrogen-bond acceptors (Lipinski definition) is 4. The van der Waals surface area contributed by atoms with Crippen molar-refractivity contribution in [1.82, 2.24) is 29.2 Å². The summed E-state index contributed by atoms with van der Waals surface area (Å²) in [5.41, 5.74) is 5.09. The summed E-state index contributed by atoms with van der Waals surface area (Å²) in [7, 11) is 7.89. The summed E-state index contributed by atoms with van der Waals surface area (Å²) >= 11 is 0. The Kier molecular flexibility index (Phi) is 4.06. The third kappa shape index (κ3) is 2.86. The van der Waals surface area contributed by atoms with Crippen molar-refractivity contribution < 1.29 is 4.74 Å². The number of aryl methyl sites for hydroxylation is 1. The van der Waals surface area contributed by atoms with E-state index in [0.717, 1.165) is 57.4 Å². The van der Waals surface area contributed by atoms with E-state index in [0.29, 0.717) is 0 Å². The van der Waals surface area contributed by atoms with Gasteiger partial charge in [-0.15, -0.1) is 0 Å². The molecule has 0 radical (unpaired) electrons. The van der Waals surface area contributed by atoms with Crippen LogP contribution in [0.4, 0.5) is 0 Å². The minimum Gasteiger partial charge on any atom is -0.497 e. The Morgan fingerprint density at radius 2 is 2.03 bits per heavy atom. The number of aromatic nitrogens is 5. The molecule has 7 nitrogen and oxygen atoms in total. The molecule has 0 aliphatic carbocycles. The zero-order valence-corrected chi connectivity index (χ0v) is 17.1. The third-order valence-corrected chi connectivity index (χ3v) is 5.50. The average Bonchev–Trinajstić information content (AvgIpc) is 3.40. The number of nitrogens with zero attached hydrogens (tertiary/aromatic N) is 5. The Balaban J connectivity index is 1.73. The van der Waals surface area contributed by atoms with Gasteiger partial charge in [-0.2, -0.15) is 0 Å². The van der Waals surface area contributed by atoms with Crippen LogP contribution in [0.25, 0.3) is 44.1 Å². The molecular formula is C22H24N6O. The van der Waals surface area contributed by atoms with Crippen LogP contribution in [0, 0.1) is 0 Å². The maximum absolute atomic E-state index is 5.48. The quantitative estimate of drug-likeness (QED) is 0.499. The van der Waals surface area contributed by atoms with E-state index in [2.05, 4.69) is 58.0 Å². The van der Waals surface area contributed by atoms with Gasteiger partial charge in [-0.3, -0.25) is 4.68 Å². The second kappa shape index (κ2) is 6.63. The Morgan fingerprint density at radius 1 is 1.17 bits per heavy atom. The lowest BCUT2D eigenvalue weighted by Gasteiger charge is -2.11. The van der Waals surface area contributed by atoms with Crippen molar-refractivity contribution in [1.29, 1.82) is 0 Å². The SMILES string of the molecule is COc1ccc2c(c1)c(-c1cc3c(ncc4c[nH]n(C)c43)n1)cn2CCN(C)C.